The number of ether oxygens (including phenoxy) is 1. The Morgan fingerprint density at radius 2 is 1.85 bits per heavy atom. The normalized spacial score (nSPS) is 11.7. The molecule has 136 valence electrons. The van der Waals surface area contributed by atoms with Crippen molar-refractivity contribution < 1.29 is 17.9 Å². The Kier molecular flexibility index (Phi) is 5.25. The van der Waals surface area contributed by atoms with E-state index in [0.29, 0.717) is 30.3 Å². The topological polar surface area (TPSA) is 44.1 Å². The van der Waals surface area contributed by atoms with Crippen LogP contribution >= 0.6 is 0 Å². The zero-order valence-electron chi connectivity index (χ0n) is 13.9. The lowest BCUT2D eigenvalue weighted by Crippen LogP contribution is -2.20. The SMILES string of the molecule is O=c1c2ccccc2ncn1CCCCOc1cccc(C(F)(F)F)c1. The van der Waals surface area contributed by atoms with Crippen LogP contribution in [0.1, 0.15) is 18.4 Å². The standard InChI is InChI=1S/C19H17F3N2O2/c20-19(21,22)14-6-5-7-15(12-14)26-11-4-3-10-24-13-23-17-9-2-1-8-16(17)18(24)25/h1-2,5-9,12-13H,3-4,10-11H2. The highest BCUT2D eigenvalue weighted by atomic mass is 19.4. The fourth-order valence-electron chi connectivity index (χ4n) is 2.60. The average molecular weight is 362 g/mol. The van der Waals surface area contributed by atoms with Crippen LogP contribution < -0.4 is 10.3 Å². The Labute approximate surface area is 147 Å². The van der Waals surface area contributed by atoms with E-state index in [1.165, 1.54) is 23.0 Å². The molecule has 0 saturated heterocycles. The molecular weight excluding hydrogens is 345 g/mol. The number of alkyl halides is 3. The Balaban J connectivity index is 1.52. The molecule has 0 aliphatic heterocycles. The molecule has 7 heteroatoms. The molecule has 0 amide bonds. The van der Waals surface area contributed by atoms with Crippen LogP contribution in [0.5, 0.6) is 5.75 Å². The van der Waals surface area contributed by atoms with Gasteiger partial charge < -0.3 is 4.74 Å². The van der Waals surface area contributed by atoms with E-state index in [2.05, 4.69) is 4.98 Å². The highest BCUT2D eigenvalue weighted by molar-refractivity contribution is 5.76. The molecule has 1 aromatic heterocycles. The lowest BCUT2D eigenvalue weighted by molar-refractivity contribution is -0.137. The molecule has 0 radical (unpaired) electrons. The molecule has 1 heterocycles. The average Bonchev–Trinajstić information content (AvgIpc) is 2.63. The van der Waals surface area contributed by atoms with Gasteiger partial charge in [0.15, 0.2) is 0 Å². The fraction of sp³-hybridized carbons (Fsp3) is 0.263. The third-order valence-electron chi connectivity index (χ3n) is 3.95. The van der Waals surface area contributed by atoms with E-state index >= 15 is 0 Å². The van der Waals surface area contributed by atoms with Gasteiger partial charge in [-0.3, -0.25) is 9.36 Å². The van der Waals surface area contributed by atoms with Gasteiger partial charge in [-0.15, -0.1) is 0 Å². The van der Waals surface area contributed by atoms with Crippen molar-refractivity contribution in [3.63, 3.8) is 0 Å². The van der Waals surface area contributed by atoms with Crippen LogP contribution in [-0.2, 0) is 12.7 Å². The maximum absolute atomic E-state index is 12.7. The summed E-state index contributed by atoms with van der Waals surface area (Å²) in [6.07, 6.45) is -1.61. The van der Waals surface area contributed by atoms with Crippen molar-refractivity contribution in [1.82, 2.24) is 9.55 Å². The van der Waals surface area contributed by atoms with E-state index in [1.807, 2.05) is 6.07 Å². The molecule has 0 aliphatic carbocycles. The van der Waals surface area contributed by atoms with Crippen molar-refractivity contribution in [1.29, 1.82) is 0 Å². The summed E-state index contributed by atoms with van der Waals surface area (Å²) < 4.78 is 44.9. The van der Waals surface area contributed by atoms with Crippen molar-refractivity contribution in [2.75, 3.05) is 6.61 Å². The predicted octanol–water partition coefficient (Wildman–Crippen LogP) is 4.27. The molecular formula is C19H17F3N2O2. The van der Waals surface area contributed by atoms with Gasteiger partial charge in [0.2, 0.25) is 0 Å². The summed E-state index contributed by atoms with van der Waals surface area (Å²) >= 11 is 0. The maximum Gasteiger partial charge on any atom is 0.416 e. The number of hydrogen-bond donors (Lipinski definition) is 0. The second-order valence-corrected chi connectivity index (χ2v) is 5.84. The van der Waals surface area contributed by atoms with Gasteiger partial charge in [0.05, 0.1) is 29.4 Å². The highest BCUT2D eigenvalue weighted by Gasteiger charge is 2.30. The number of para-hydroxylation sites is 1. The fourth-order valence-corrected chi connectivity index (χ4v) is 2.60. The third kappa shape index (κ3) is 4.22. The van der Waals surface area contributed by atoms with Gasteiger partial charge in [-0.1, -0.05) is 18.2 Å². The van der Waals surface area contributed by atoms with Crippen molar-refractivity contribution in [2.45, 2.75) is 25.6 Å². The quantitative estimate of drug-likeness (QED) is 0.615. The Morgan fingerprint density at radius 1 is 1.04 bits per heavy atom. The minimum Gasteiger partial charge on any atom is -0.494 e. The molecule has 0 atom stereocenters. The van der Waals surface area contributed by atoms with Gasteiger partial charge >= 0.3 is 6.18 Å². The summed E-state index contributed by atoms with van der Waals surface area (Å²) in [7, 11) is 0. The summed E-state index contributed by atoms with van der Waals surface area (Å²) in [6.45, 7) is 0.750. The van der Waals surface area contributed by atoms with Crippen LogP contribution in [0.2, 0.25) is 0 Å². The monoisotopic (exact) mass is 362 g/mol. The Hall–Kier alpha value is -2.83. The van der Waals surface area contributed by atoms with E-state index in [0.717, 1.165) is 12.1 Å². The molecule has 0 spiro atoms. The number of rotatable bonds is 6. The number of aromatic nitrogens is 2. The van der Waals surface area contributed by atoms with Crippen LogP contribution in [-0.4, -0.2) is 16.2 Å². The Morgan fingerprint density at radius 3 is 2.65 bits per heavy atom. The number of halogens is 3. The molecule has 0 saturated carbocycles. The second-order valence-electron chi connectivity index (χ2n) is 5.84. The van der Waals surface area contributed by atoms with Crippen LogP contribution in [0, 0.1) is 0 Å². The number of nitrogens with zero attached hydrogens (tertiary/aromatic N) is 2. The highest BCUT2D eigenvalue weighted by Crippen LogP contribution is 2.31. The molecule has 0 N–H and O–H groups in total. The minimum absolute atomic E-state index is 0.102. The van der Waals surface area contributed by atoms with Crippen LogP contribution in [0.4, 0.5) is 13.2 Å². The first kappa shape index (κ1) is 18.0. The van der Waals surface area contributed by atoms with Gasteiger partial charge in [0, 0.05) is 6.54 Å². The first-order valence-corrected chi connectivity index (χ1v) is 8.19. The number of unbranched alkanes of at least 4 members (excludes halogenated alkanes) is 1. The van der Waals surface area contributed by atoms with Crippen molar-refractivity contribution in [3.05, 3.63) is 70.8 Å². The number of fused-ring (bicyclic) bond motifs is 1. The van der Waals surface area contributed by atoms with Gasteiger partial charge in [0.1, 0.15) is 5.75 Å². The summed E-state index contributed by atoms with van der Waals surface area (Å²) in [4.78, 5) is 16.6. The summed E-state index contributed by atoms with van der Waals surface area (Å²) in [5.41, 5.74) is -0.181. The van der Waals surface area contributed by atoms with Crippen molar-refractivity contribution >= 4 is 10.9 Å². The zero-order chi connectivity index (χ0) is 18.6. The first-order valence-electron chi connectivity index (χ1n) is 8.19. The molecule has 0 unspecified atom stereocenters. The third-order valence-corrected chi connectivity index (χ3v) is 3.95. The van der Waals surface area contributed by atoms with Crippen LogP contribution in [0.3, 0.4) is 0 Å². The van der Waals surface area contributed by atoms with E-state index in [1.54, 1.807) is 18.2 Å². The maximum atomic E-state index is 12.7. The summed E-state index contributed by atoms with van der Waals surface area (Å²) in [6, 6.07) is 11.9. The predicted molar refractivity (Wildman–Crippen MR) is 92.2 cm³/mol. The minimum atomic E-state index is -4.39. The molecule has 0 aliphatic rings. The van der Waals surface area contributed by atoms with Gasteiger partial charge in [-0.25, -0.2) is 4.98 Å². The number of aryl methyl sites for hydroxylation is 1. The largest absolute Gasteiger partial charge is 0.494 e. The number of hydrogen-bond acceptors (Lipinski definition) is 3. The number of benzene rings is 2. The smallest absolute Gasteiger partial charge is 0.416 e. The van der Waals surface area contributed by atoms with E-state index in [9.17, 15) is 18.0 Å². The first-order chi connectivity index (χ1) is 12.4. The molecule has 0 bridgehead atoms. The Bertz CT molecular complexity index is 951. The molecule has 2 aromatic carbocycles. The van der Waals surface area contributed by atoms with Gasteiger partial charge in [0.25, 0.3) is 5.56 Å². The molecule has 3 aromatic rings. The summed E-state index contributed by atoms with van der Waals surface area (Å²) in [5.74, 6) is 0.185. The lowest BCUT2D eigenvalue weighted by atomic mass is 10.2. The second kappa shape index (κ2) is 7.59. The van der Waals surface area contributed by atoms with E-state index in [-0.39, 0.29) is 17.9 Å². The van der Waals surface area contributed by atoms with Crippen molar-refractivity contribution in [3.8, 4) is 5.75 Å². The molecule has 0 fully saturated rings. The zero-order valence-corrected chi connectivity index (χ0v) is 13.9. The van der Waals surface area contributed by atoms with Crippen LogP contribution in [0.15, 0.2) is 59.7 Å². The van der Waals surface area contributed by atoms with Crippen LogP contribution in [0.25, 0.3) is 10.9 Å². The summed E-state index contributed by atoms with van der Waals surface area (Å²) in [5, 5.41) is 0.565. The van der Waals surface area contributed by atoms with Gasteiger partial charge in [-0.05, 0) is 43.2 Å². The lowest BCUT2D eigenvalue weighted by Gasteiger charge is -2.10. The molecule has 26 heavy (non-hydrogen) atoms. The van der Waals surface area contributed by atoms with Crippen molar-refractivity contribution in [2.24, 2.45) is 0 Å². The van der Waals surface area contributed by atoms with E-state index in [4.69, 9.17) is 4.74 Å². The van der Waals surface area contributed by atoms with E-state index < -0.39 is 11.7 Å². The van der Waals surface area contributed by atoms with Gasteiger partial charge in [-0.2, -0.15) is 13.2 Å². The molecule has 3 rings (SSSR count). The molecule has 4 nitrogen and oxygen atoms in total.